The largest absolute Gasteiger partial charge is 0.393 e. The summed E-state index contributed by atoms with van der Waals surface area (Å²) in [6.07, 6.45) is 2.61. The molecule has 0 aromatic rings. The van der Waals surface area contributed by atoms with Crippen LogP contribution in [0.25, 0.3) is 0 Å². The van der Waals surface area contributed by atoms with Gasteiger partial charge in [0.05, 0.1) is 16.6 Å². The summed E-state index contributed by atoms with van der Waals surface area (Å²) >= 11 is 0. The van der Waals surface area contributed by atoms with Gasteiger partial charge in [0.2, 0.25) is 0 Å². The van der Waals surface area contributed by atoms with Crippen LogP contribution in [0.4, 0.5) is 0 Å². The third-order valence-electron chi connectivity index (χ3n) is 3.69. The van der Waals surface area contributed by atoms with Gasteiger partial charge < -0.3 is 5.11 Å². The van der Waals surface area contributed by atoms with Crippen molar-refractivity contribution in [2.75, 3.05) is 18.8 Å². The number of aliphatic hydroxyl groups excluding tert-OH is 1. The van der Waals surface area contributed by atoms with Crippen molar-refractivity contribution in [2.45, 2.75) is 63.9 Å². The molecule has 0 amide bonds. The number of rotatable bonds is 5. The number of sulfone groups is 1. The van der Waals surface area contributed by atoms with Crippen LogP contribution >= 0.6 is 0 Å². The van der Waals surface area contributed by atoms with Gasteiger partial charge >= 0.3 is 0 Å². The molecule has 108 valence electrons. The average molecular weight is 277 g/mol. The first-order chi connectivity index (χ1) is 8.13. The molecule has 1 fully saturated rings. The smallest absolute Gasteiger partial charge is 0.156 e. The Hall–Kier alpha value is -0.130. The van der Waals surface area contributed by atoms with E-state index in [4.69, 9.17) is 0 Å². The maximum Gasteiger partial charge on any atom is 0.156 e. The number of nitrogens with zero attached hydrogens (tertiary/aromatic N) is 1. The Morgan fingerprint density at radius 2 is 2.00 bits per heavy atom. The summed E-state index contributed by atoms with van der Waals surface area (Å²) in [5, 5.41) is 9.44. The zero-order chi connectivity index (χ0) is 14.0. The first-order valence-corrected chi connectivity index (χ1v) is 8.43. The Bertz CT molecular complexity index is 357. The molecule has 4 nitrogen and oxygen atoms in total. The van der Waals surface area contributed by atoms with Crippen molar-refractivity contribution in [1.82, 2.24) is 4.90 Å². The fourth-order valence-corrected chi connectivity index (χ4v) is 3.48. The van der Waals surface area contributed by atoms with Crippen LogP contribution in [0, 0.1) is 0 Å². The molecule has 1 saturated heterocycles. The van der Waals surface area contributed by atoms with Gasteiger partial charge in [0, 0.05) is 12.6 Å². The van der Waals surface area contributed by atoms with Crippen LogP contribution < -0.4 is 0 Å². The third kappa shape index (κ3) is 4.21. The first-order valence-electron chi connectivity index (χ1n) is 6.78. The maximum absolute atomic E-state index is 12.1. The van der Waals surface area contributed by atoms with Crippen LogP contribution in [-0.2, 0) is 9.84 Å². The van der Waals surface area contributed by atoms with Gasteiger partial charge in [-0.3, -0.25) is 4.90 Å². The number of aliphatic hydroxyl groups is 1. The lowest BCUT2D eigenvalue weighted by atomic mass is 10.1. The lowest BCUT2D eigenvalue weighted by molar-refractivity contribution is 0.137. The minimum Gasteiger partial charge on any atom is -0.393 e. The Morgan fingerprint density at radius 1 is 1.39 bits per heavy atom. The average Bonchev–Trinajstić information content (AvgIpc) is 2.59. The van der Waals surface area contributed by atoms with Gasteiger partial charge in [-0.2, -0.15) is 0 Å². The summed E-state index contributed by atoms with van der Waals surface area (Å²) in [7, 11) is -3.04. The predicted octanol–water partition coefficient (Wildman–Crippen LogP) is 1.44. The molecule has 0 aromatic carbocycles. The highest BCUT2D eigenvalue weighted by atomic mass is 32.2. The molecule has 1 N–H and O–H groups in total. The zero-order valence-electron chi connectivity index (χ0n) is 12.0. The SMILES string of the molecule is CC(O)CC1CCCN1CCS(=O)(=O)C(C)(C)C. The van der Waals surface area contributed by atoms with Crippen molar-refractivity contribution >= 4 is 9.84 Å². The fraction of sp³-hybridized carbons (Fsp3) is 1.00. The van der Waals surface area contributed by atoms with E-state index in [1.807, 2.05) is 0 Å². The van der Waals surface area contributed by atoms with Gasteiger partial charge in [0.25, 0.3) is 0 Å². The topological polar surface area (TPSA) is 57.6 Å². The molecule has 1 aliphatic rings. The van der Waals surface area contributed by atoms with E-state index in [0.29, 0.717) is 12.6 Å². The van der Waals surface area contributed by atoms with E-state index in [-0.39, 0.29) is 11.9 Å². The van der Waals surface area contributed by atoms with Crippen LogP contribution in [0.5, 0.6) is 0 Å². The van der Waals surface area contributed by atoms with E-state index in [0.717, 1.165) is 25.8 Å². The molecule has 0 saturated carbocycles. The predicted molar refractivity (Wildman–Crippen MR) is 74.4 cm³/mol. The van der Waals surface area contributed by atoms with Crippen LogP contribution in [0.3, 0.4) is 0 Å². The van der Waals surface area contributed by atoms with Crippen molar-refractivity contribution in [3.8, 4) is 0 Å². The van der Waals surface area contributed by atoms with E-state index in [9.17, 15) is 13.5 Å². The van der Waals surface area contributed by atoms with E-state index >= 15 is 0 Å². The molecule has 1 rings (SSSR count). The second-order valence-corrected chi connectivity index (χ2v) is 9.21. The number of hydrogen-bond acceptors (Lipinski definition) is 4. The molecular weight excluding hydrogens is 250 g/mol. The van der Waals surface area contributed by atoms with Gasteiger partial charge in [-0.1, -0.05) is 0 Å². The van der Waals surface area contributed by atoms with Crippen molar-refractivity contribution in [3.63, 3.8) is 0 Å². The van der Waals surface area contributed by atoms with Crippen molar-refractivity contribution in [1.29, 1.82) is 0 Å². The highest BCUT2D eigenvalue weighted by molar-refractivity contribution is 7.92. The van der Waals surface area contributed by atoms with Crippen LogP contribution in [0.2, 0.25) is 0 Å². The molecule has 0 radical (unpaired) electrons. The van der Waals surface area contributed by atoms with E-state index in [1.165, 1.54) is 0 Å². The van der Waals surface area contributed by atoms with Gasteiger partial charge in [0.1, 0.15) is 0 Å². The Morgan fingerprint density at radius 3 is 2.50 bits per heavy atom. The Balaban J connectivity index is 2.53. The molecule has 18 heavy (non-hydrogen) atoms. The normalized spacial score (nSPS) is 24.4. The van der Waals surface area contributed by atoms with Crippen LogP contribution in [-0.4, -0.2) is 54.2 Å². The van der Waals surface area contributed by atoms with Gasteiger partial charge in [-0.05, 0) is 53.5 Å². The summed E-state index contributed by atoms with van der Waals surface area (Å²) < 4.78 is 23.4. The Labute approximate surface area is 111 Å². The number of likely N-dealkylation sites (tertiary alicyclic amines) is 1. The summed E-state index contributed by atoms with van der Waals surface area (Å²) in [4.78, 5) is 2.22. The molecule has 1 heterocycles. The second kappa shape index (κ2) is 5.88. The Kier molecular flexibility index (Phi) is 5.21. The monoisotopic (exact) mass is 277 g/mol. The first kappa shape index (κ1) is 15.9. The molecule has 1 aliphatic heterocycles. The molecule has 0 aromatic heterocycles. The van der Waals surface area contributed by atoms with Gasteiger partial charge in [-0.25, -0.2) is 8.42 Å². The second-order valence-electron chi connectivity index (χ2n) is 6.35. The quantitative estimate of drug-likeness (QED) is 0.826. The minimum atomic E-state index is -3.04. The molecule has 0 aliphatic carbocycles. The van der Waals surface area contributed by atoms with Crippen molar-refractivity contribution in [2.24, 2.45) is 0 Å². The summed E-state index contributed by atoms with van der Waals surface area (Å²) in [6.45, 7) is 8.59. The molecule has 2 atom stereocenters. The van der Waals surface area contributed by atoms with Crippen LogP contribution in [0.15, 0.2) is 0 Å². The van der Waals surface area contributed by atoms with E-state index in [1.54, 1.807) is 27.7 Å². The summed E-state index contributed by atoms with van der Waals surface area (Å²) in [6, 6.07) is 0.347. The lowest BCUT2D eigenvalue weighted by Crippen LogP contribution is -2.39. The molecule has 2 unspecified atom stereocenters. The van der Waals surface area contributed by atoms with E-state index in [2.05, 4.69) is 4.90 Å². The minimum absolute atomic E-state index is 0.215. The maximum atomic E-state index is 12.1. The highest BCUT2D eigenvalue weighted by Gasteiger charge is 2.31. The highest BCUT2D eigenvalue weighted by Crippen LogP contribution is 2.22. The number of hydrogen-bond donors (Lipinski definition) is 1. The van der Waals surface area contributed by atoms with Crippen LogP contribution in [0.1, 0.15) is 47.0 Å². The molecule has 0 spiro atoms. The molecular formula is C13H27NO3S. The van der Waals surface area contributed by atoms with Gasteiger partial charge in [-0.15, -0.1) is 0 Å². The third-order valence-corrected chi connectivity index (χ3v) is 6.28. The summed E-state index contributed by atoms with van der Waals surface area (Å²) in [5.41, 5.74) is 0. The molecule has 5 heteroatoms. The molecule has 0 bridgehead atoms. The fourth-order valence-electron chi connectivity index (χ4n) is 2.39. The standard InChI is InChI=1S/C13H27NO3S/c1-11(15)10-12-6-5-7-14(12)8-9-18(16,17)13(2,3)4/h11-12,15H,5-10H2,1-4H3. The van der Waals surface area contributed by atoms with E-state index < -0.39 is 14.6 Å². The summed E-state index contributed by atoms with van der Waals surface area (Å²) in [5.74, 6) is 0.215. The lowest BCUT2D eigenvalue weighted by Gasteiger charge is -2.27. The zero-order valence-corrected chi connectivity index (χ0v) is 12.8. The van der Waals surface area contributed by atoms with Gasteiger partial charge in [0.15, 0.2) is 9.84 Å². The van der Waals surface area contributed by atoms with Crippen molar-refractivity contribution < 1.29 is 13.5 Å². The van der Waals surface area contributed by atoms with Crippen molar-refractivity contribution in [3.05, 3.63) is 0 Å².